The molecule has 0 spiro atoms. The third-order valence-corrected chi connectivity index (χ3v) is 4.08. The molecule has 0 atom stereocenters. The van der Waals surface area contributed by atoms with Gasteiger partial charge in [-0.1, -0.05) is 18.3 Å². The highest BCUT2D eigenvalue weighted by Gasteiger charge is 2.14. The van der Waals surface area contributed by atoms with Gasteiger partial charge in [-0.15, -0.1) is 10.2 Å². The minimum absolute atomic E-state index is 0.793. The van der Waals surface area contributed by atoms with Gasteiger partial charge in [-0.2, -0.15) is 0 Å². The number of aromatic nitrogens is 2. The lowest BCUT2D eigenvalue weighted by Gasteiger charge is -2.00. The molecule has 0 saturated heterocycles. The smallest absolute Gasteiger partial charge is 0.147 e. The molecule has 2 heterocycles. The van der Waals surface area contributed by atoms with Gasteiger partial charge in [0, 0.05) is 18.5 Å². The fraction of sp³-hybridized carbons (Fsp3) is 0.429. The molecule has 0 aliphatic carbocycles. The Bertz CT molecular complexity index is 568. The zero-order valence-electron chi connectivity index (χ0n) is 11.0. The van der Waals surface area contributed by atoms with Gasteiger partial charge in [0.25, 0.3) is 0 Å². The Morgan fingerprint density at radius 3 is 3.21 bits per heavy atom. The highest BCUT2D eigenvalue weighted by atomic mass is 32.1. The number of hydrogen-bond donors (Lipinski definition) is 1. The van der Waals surface area contributed by atoms with Crippen molar-refractivity contribution in [2.24, 2.45) is 0 Å². The molecule has 1 aromatic heterocycles. The van der Waals surface area contributed by atoms with Gasteiger partial charge in [-0.3, -0.25) is 0 Å². The van der Waals surface area contributed by atoms with Crippen LogP contribution in [-0.2, 0) is 13.0 Å². The zero-order valence-corrected chi connectivity index (χ0v) is 11.8. The highest BCUT2D eigenvalue weighted by Crippen LogP contribution is 2.31. The van der Waals surface area contributed by atoms with Gasteiger partial charge in [0.05, 0.1) is 6.61 Å². The average Bonchev–Trinajstić information content (AvgIpc) is 3.06. The van der Waals surface area contributed by atoms with E-state index in [4.69, 9.17) is 4.74 Å². The van der Waals surface area contributed by atoms with Crippen LogP contribution in [0.2, 0.25) is 0 Å². The summed E-state index contributed by atoms with van der Waals surface area (Å²) in [4.78, 5) is 0. The van der Waals surface area contributed by atoms with E-state index in [1.54, 1.807) is 11.3 Å². The van der Waals surface area contributed by atoms with Gasteiger partial charge in [-0.25, -0.2) is 0 Å². The molecule has 3 rings (SSSR count). The molecule has 19 heavy (non-hydrogen) atoms. The summed E-state index contributed by atoms with van der Waals surface area (Å²) in [5.41, 5.74) is 2.42. The summed E-state index contributed by atoms with van der Waals surface area (Å²) in [5, 5.41) is 13.9. The van der Waals surface area contributed by atoms with Gasteiger partial charge >= 0.3 is 0 Å². The first-order valence-electron chi connectivity index (χ1n) is 6.66. The predicted octanol–water partition coefficient (Wildman–Crippen LogP) is 2.64. The lowest BCUT2D eigenvalue weighted by molar-refractivity contribution is 0.357. The van der Waals surface area contributed by atoms with Gasteiger partial charge in [0.15, 0.2) is 0 Å². The first-order chi connectivity index (χ1) is 9.36. The summed E-state index contributed by atoms with van der Waals surface area (Å²) in [6, 6.07) is 6.27. The van der Waals surface area contributed by atoms with Crippen LogP contribution in [0.15, 0.2) is 18.2 Å². The Hall–Kier alpha value is -1.46. The van der Waals surface area contributed by atoms with E-state index in [9.17, 15) is 0 Å². The van der Waals surface area contributed by atoms with Crippen LogP contribution < -0.4 is 10.1 Å². The fourth-order valence-corrected chi connectivity index (χ4v) is 2.94. The van der Waals surface area contributed by atoms with Crippen LogP contribution in [0.3, 0.4) is 0 Å². The lowest BCUT2D eigenvalue weighted by atomic mass is 10.1. The van der Waals surface area contributed by atoms with E-state index in [-0.39, 0.29) is 0 Å². The van der Waals surface area contributed by atoms with E-state index in [0.717, 1.165) is 53.9 Å². The molecule has 2 aromatic rings. The van der Waals surface area contributed by atoms with Crippen molar-refractivity contribution in [3.8, 4) is 16.3 Å². The monoisotopic (exact) mass is 275 g/mol. The highest BCUT2D eigenvalue weighted by molar-refractivity contribution is 7.14. The Balaban J connectivity index is 1.75. The van der Waals surface area contributed by atoms with Crippen LogP contribution in [0.1, 0.15) is 23.9 Å². The summed E-state index contributed by atoms with van der Waals surface area (Å²) in [7, 11) is 0. The molecule has 1 aliphatic heterocycles. The normalized spacial score (nSPS) is 13.3. The second-order valence-electron chi connectivity index (χ2n) is 4.60. The quantitative estimate of drug-likeness (QED) is 0.852. The second kappa shape index (κ2) is 5.67. The summed E-state index contributed by atoms with van der Waals surface area (Å²) < 4.78 is 5.52. The van der Waals surface area contributed by atoms with E-state index in [0.29, 0.717) is 0 Å². The minimum atomic E-state index is 0.793. The average molecular weight is 275 g/mol. The summed E-state index contributed by atoms with van der Waals surface area (Å²) in [6.07, 6.45) is 2.13. The van der Waals surface area contributed by atoms with Gasteiger partial charge in [0.1, 0.15) is 15.8 Å². The van der Waals surface area contributed by atoms with Crippen LogP contribution in [0.25, 0.3) is 10.6 Å². The topological polar surface area (TPSA) is 47.0 Å². The summed E-state index contributed by atoms with van der Waals surface area (Å²) in [5.74, 6) is 1.01. The molecule has 0 unspecified atom stereocenters. The van der Waals surface area contributed by atoms with Crippen molar-refractivity contribution in [2.75, 3.05) is 13.2 Å². The Morgan fingerprint density at radius 1 is 1.37 bits per heavy atom. The van der Waals surface area contributed by atoms with E-state index in [1.165, 1.54) is 5.56 Å². The third-order valence-electron chi connectivity index (χ3n) is 3.11. The maximum atomic E-state index is 5.52. The number of nitrogens with zero attached hydrogens (tertiary/aromatic N) is 2. The van der Waals surface area contributed by atoms with Crippen molar-refractivity contribution in [2.45, 2.75) is 26.3 Å². The zero-order chi connectivity index (χ0) is 13.1. The lowest BCUT2D eigenvalue weighted by Crippen LogP contribution is -2.13. The van der Waals surface area contributed by atoms with E-state index in [2.05, 4.69) is 34.6 Å². The molecule has 4 nitrogen and oxygen atoms in total. The van der Waals surface area contributed by atoms with Gasteiger partial charge < -0.3 is 10.1 Å². The third kappa shape index (κ3) is 2.77. The van der Waals surface area contributed by atoms with Crippen molar-refractivity contribution in [3.05, 3.63) is 28.8 Å². The number of benzene rings is 1. The number of fused-ring (bicyclic) bond motifs is 1. The molecular weight excluding hydrogens is 258 g/mol. The molecule has 1 aliphatic rings. The van der Waals surface area contributed by atoms with Crippen LogP contribution in [0.5, 0.6) is 5.75 Å². The number of hydrogen-bond acceptors (Lipinski definition) is 5. The van der Waals surface area contributed by atoms with Crippen LogP contribution in [0.4, 0.5) is 0 Å². The molecular formula is C14H17N3OS. The second-order valence-corrected chi connectivity index (χ2v) is 5.66. The Kier molecular flexibility index (Phi) is 3.75. The molecule has 0 amide bonds. The minimum Gasteiger partial charge on any atom is -0.493 e. The molecule has 0 fully saturated rings. The summed E-state index contributed by atoms with van der Waals surface area (Å²) in [6.45, 7) is 4.77. The van der Waals surface area contributed by atoms with Crippen LogP contribution in [-0.4, -0.2) is 23.3 Å². The maximum absolute atomic E-state index is 5.52. The molecule has 5 heteroatoms. The van der Waals surface area contributed by atoms with Crippen molar-refractivity contribution >= 4 is 11.3 Å². The standard InChI is InChI=1S/C14H17N3OS/c1-2-6-15-9-13-16-17-14(19-13)11-3-4-12-10(8-11)5-7-18-12/h3-4,8,15H,2,5-7,9H2,1H3. The van der Waals surface area contributed by atoms with Gasteiger partial charge in [0.2, 0.25) is 0 Å². The first kappa shape index (κ1) is 12.6. The Labute approximate surface area is 116 Å². The molecule has 0 saturated carbocycles. The van der Waals surface area contributed by atoms with Crippen molar-refractivity contribution < 1.29 is 4.74 Å². The van der Waals surface area contributed by atoms with Crippen LogP contribution >= 0.6 is 11.3 Å². The number of ether oxygens (including phenoxy) is 1. The predicted molar refractivity (Wildman–Crippen MR) is 76.5 cm³/mol. The Morgan fingerprint density at radius 2 is 2.32 bits per heavy atom. The molecule has 0 bridgehead atoms. The largest absolute Gasteiger partial charge is 0.493 e. The number of rotatable bonds is 5. The SMILES string of the molecule is CCCNCc1nnc(-c2ccc3c(c2)CCO3)s1. The van der Waals surface area contributed by atoms with Gasteiger partial charge in [-0.05, 0) is 36.7 Å². The van der Waals surface area contributed by atoms with E-state index in [1.807, 2.05) is 6.07 Å². The van der Waals surface area contributed by atoms with Crippen molar-refractivity contribution in [1.82, 2.24) is 15.5 Å². The molecule has 1 N–H and O–H groups in total. The first-order valence-corrected chi connectivity index (χ1v) is 7.47. The fourth-order valence-electron chi connectivity index (χ4n) is 2.13. The van der Waals surface area contributed by atoms with Crippen LogP contribution in [0, 0.1) is 0 Å². The van der Waals surface area contributed by atoms with Crippen molar-refractivity contribution in [3.63, 3.8) is 0 Å². The molecule has 1 aromatic carbocycles. The number of nitrogens with one attached hydrogen (secondary N) is 1. The van der Waals surface area contributed by atoms with Crippen molar-refractivity contribution in [1.29, 1.82) is 0 Å². The van der Waals surface area contributed by atoms with E-state index >= 15 is 0 Å². The van der Waals surface area contributed by atoms with E-state index < -0.39 is 0 Å². The molecule has 100 valence electrons. The maximum Gasteiger partial charge on any atom is 0.147 e. The summed E-state index contributed by atoms with van der Waals surface area (Å²) >= 11 is 1.66. The molecule has 0 radical (unpaired) electrons.